The second-order valence-electron chi connectivity index (χ2n) is 14.7. The van der Waals surface area contributed by atoms with Crippen molar-refractivity contribution < 1.29 is 0 Å². The van der Waals surface area contributed by atoms with E-state index in [1.54, 1.807) is 0 Å². The highest BCUT2D eigenvalue weighted by atomic mass is 32.1. The monoisotopic (exact) mass is 698 g/mol. The molecule has 254 valence electrons. The summed E-state index contributed by atoms with van der Waals surface area (Å²) in [5.74, 6) is 0. The highest BCUT2D eigenvalue weighted by Gasteiger charge is 2.35. The van der Waals surface area contributed by atoms with Crippen LogP contribution in [0.2, 0.25) is 0 Å². The van der Waals surface area contributed by atoms with Crippen LogP contribution >= 0.6 is 11.3 Å². The first-order chi connectivity index (χ1) is 25.9. The minimum atomic E-state index is -0.0841. The van der Waals surface area contributed by atoms with Gasteiger partial charge in [-0.15, -0.1) is 11.3 Å². The van der Waals surface area contributed by atoms with E-state index >= 15 is 0 Å². The number of aromatic nitrogens is 1. The molecule has 3 heteroatoms. The van der Waals surface area contributed by atoms with E-state index in [2.05, 4.69) is 206 Å². The SMILES string of the molecule is Cc1cc2c(s1)c1cc(-c3ccc(N(c4ccc(-c5ccccc5)cc4)c4ccc5c(c4)C(C)(C)c4ccccc4-5)cc3)ccc1n2-c1ccccc1. The zero-order chi connectivity index (χ0) is 35.7. The van der Waals surface area contributed by atoms with Crippen molar-refractivity contribution in [3.63, 3.8) is 0 Å². The maximum atomic E-state index is 2.41. The van der Waals surface area contributed by atoms with Gasteiger partial charge in [-0.05, 0) is 118 Å². The fourth-order valence-electron chi connectivity index (χ4n) is 8.45. The fourth-order valence-corrected chi connectivity index (χ4v) is 9.47. The highest BCUT2D eigenvalue weighted by Crippen LogP contribution is 2.51. The number of aryl methyl sites for hydroxylation is 1. The summed E-state index contributed by atoms with van der Waals surface area (Å²) >= 11 is 1.88. The van der Waals surface area contributed by atoms with Gasteiger partial charge < -0.3 is 9.47 Å². The molecule has 0 radical (unpaired) electrons. The van der Waals surface area contributed by atoms with E-state index in [9.17, 15) is 0 Å². The van der Waals surface area contributed by atoms with E-state index in [-0.39, 0.29) is 5.41 Å². The smallest absolute Gasteiger partial charge is 0.0651 e. The van der Waals surface area contributed by atoms with Crippen molar-refractivity contribution in [1.82, 2.24) is 4.57 Å². The lowest BCUT2D eigenvalue weighted by atomic mass is 9.82. The molecular formula is C50H38N2S. The predicted molar refractivity (Wildman–Crippen MR) is 227 cm³/mol. The second kappa shape index (κ2) is 12.2. The lowest BCUT2D eigenvalue weighted by molar-refractivity contribution is 0.660. The van der Waals surface area contributed by atoms with Gasteiger partial charge in [-0.25, -0.2) is 0 Å². The van der Waals surface area contributed by atoms with Crippen LogP contribution in [0.25, 0.3) is 60.2 Å². The number of para-hydroxylation sites is 1. The molecule has 53 heavy (non-hydrogen) atoms. The van der Waals surface area contributed by atoms with Gasteiger partial charge in [0.15, 0.2) is 0 Å². The molecule has 0 saturated heterocycles. The van der Waals surface area contributed by atoms with Gasteiger partial charge in [0.05, 0.1) is 15.7 Å². The van der Waals surface area contributed by atoms with Gasteiger partial charge in [0.2, 0.25) is 0 Å². The topological polar surface area (TPSA) is 8.17 Å². The summed E-state index contributed by atoms with van der Waals surface area (Å²) in [5, 5.41) is 1.30. The van der Waals surface area contributed by atoms with Crippen LogP contribution in [0, 0.1) is 6.92 Å². The molecule has 0 N–H and O–H groups in total. The van der Waals surface area contributed by atoms with Gasteiger partial charge in [-0.1, -0.05) is 123 Å². The maximum Gasteiger partial charge on any atom is 0.0651 e. The standard InChI is InChI=1S/C50H38N2S/c1-33-30-48-49(53-33)44-31-37(22-29-47(44)52(48)38-14-8-5-9-15-38)36-20-25-40(26-21-36)51(39-23-18-35(19-24-39)34-12-6-4-7-13-34)41-27-28-43-42-16-10-11-17-45(42)50(2,3)46(43)32-41/h4-32H,1-3H3. The van der Waals surface area contributed by atoms with Crippen LogP contribution in [0.15, 0.2) is 176 Å². The van der Waals surface area contributed by atoms with Gasteiger partial charge in [0.1, 0.15) is 0 Å². The molecule has 0 aliphatic heterocycles. The third-order valence-electron chi connectivity index (χ3n) is 11.1. The molecule has 10 rings (SSSR count). The van der Waals surface area contributed by atoms with Crippen LogP contribution in [0.5, 0.6) is 0 Å². The number of fused-ring (bicyclic) bond motifs is 6. The quantitative estimate of drug-likeness (QED) is 0.168. The van der Waals surface area contributed by atoms with Crippen LogP contribution in [0.1, 0.15) is 29.9 Å². The van der Waals surface area contributed by atoms with Crippen LogP contribution in [-0.4, -0.2) is 4.57 Å². The van der Waals surface area contributed by atoms with Crippen molar-refractivity contribution in [2.24, 2.45) is 0 Å². The molecule has 0 unspecified atom stereocenters. The Morgan fingerprint density at radius 2 is 1.04 bits per heavy atom. The Morgan fingerprint density at radius 3 is 1.75 bits per heavy atom. The summed E-state index contributed by atoms with van der Waals surface area (Å²) in [7, 11) is 0. The number of rotatable bonds is 6. The number of thiophene rings is 1. The van der Waals surface area contributed by atoms with Gasteiger partial charge >= 0.3 is 0 Å². The summed E-state index contributed by atoms with van der Waals surface area (Å²) in [5.41, 5.74) is 17.3. The molecule has 0 spiro atoms. The molecule has 2 nitrogen and oxygen atoms in total. The Labute approximate surface area is 314 Å². The van der Waals surface area contributed by atoms with Crippen molar-refractivity contribution in [3.8, 4) is 39.1 Å². The number of nitrogens with zero attached hydrogens (tertiary/aromatic N) is 2. The first-order valence-corrected chi connectivity index (χ1v) is 19.2. The van der Waals surface area contributed by atoms with E-state index in [1.165, 1.54) is 76.2 Å². The van der Waals surface area contributed by atoms with Crippen LogP contribution in [-0.2, 0) is 5.41 Å². The minimum Gasteiger partial charge on any atom is -0.310 e. The van der Waals surface area contributed by atoms with Gasteiger partial charge in [0, 0.05) is 38.4 Å². The van der Waals surface area contributed by atoms with Crippen molar-refractivity contribution in [2.75, 3.05) is 4.90 Å². The molecule has 9 aromatic rings. The number of benzene rings is 7. The molecule has 0 saturated carbocycles. The Kier molecular flexibility index (Phi) is 7.28. The molecule has 2 heterocycles. The Morgan fingerprint density at radius 1 is 0.472 bits per heavy atom. The third kappa shape index (κ3) is 5.15. The normalized spacial score (nSPS) is 13.0. The van der Waals surface area contributed by atoms with E-state index in [4.69, 9.17) is 0 Å². The minimum absolute atomic E-state index is 0.0841. The Hall–Kier alpha value is -6.16. The summed E-state index contributed by atoms with van der Waals surface area (Å²) in [6.45, 7) is 6.91. The average Bonchev–Trinajstić information content (AvgIpc) is 3.80. The summed E-state index contributed by atoms with van der Waals surface area (Å²) in [4.78, 5) is 3.73. The van der Waals surface area contributed by atoms with Crippen molar-refractivity contribution in [3.05, 3.63) is 192 Å². The lowest BCUT2D eigenvalue weighted by Gasteiger charge is -2.28. The second-order valence-corrected chi connectivity index (χ2v) is 15.9. The van der Waals surface area contributed by atoms with Crippen molar-refractivity contribution >= 4 is 49.5 Å². The average molecular weight is 699 g/mol. The number of anilines is 3. The summed E-state index contributed by atoms with van der Waals surface area (Å²) in [6.07, 6.45) is 0. The molecular weight excluding hydrogens is 661 g/mol. The molecule has 7 aromatic carbocycles. The predicted octanol–water partition coefficient (Wildman–Crippen LogP) is 14.3. The molecule has 1 aliphatic carbocycles. The highest BCUT2D eigenvalue weighted by molar-refractivity contribution is 7.20. The van der Waals surface area contributed by atoms with Crippen LogP contribution in [0.3, 0.4) is 0 Å². The van der Waals surface area contributed by atoms with Gasteiger partial charge in [-0.2, -0.15) is 0 Å². The first kappa shape index (κ1) is 31.6. The van der Waals surface area contributed by atoms with Gasteiger partial charge in [0.25, 0.3) is 0 Å². The Balaban J connectivity index is 1.07. The Bertz CT molecular complexity index is 2790. The van der Waals surface area contributed by atoms with E-state index < -0.39 is 0 Å². The summed E-state index contributed by atoms with van der Waals surface area (Å²) < 4.78 is 3.74. The molecule has 2 aromatic heterocycles. The largest absolute Gasteiger partial charge is 0.310 e. The third-order valence-corrected chi connectivity index (χ3v) is 12.2. The fraction of sp³-hybridized carbons (Fsp3) is 0.0800. The number of hydrogen-bond donors (Lipinski definition) is 0. The maximum absolute atomic E-state index is 2.41. The molecule has 0 bridgehead atoms. The molecule has 0 amide bonds. The van der Waals surface area contributed by atoms with E-state index in [0.717, 1.165) is 17.1 Å². The van der Waals surface area contributed by atoms with Crippen molar-refractivity contribution in [2.45, 2.75) is 26.2 Å². The van der Waals surface area contributed by atoms with Gasteiger partial charge in [-0.3, -0.25) is 0 Å². The first-order valence-electron chi connectivity index (χ1n) is 18.3. The lowest BCUT2D eigenvalue weighted by Crippen LogP contribution is -2.16. The van der Waals surface area contributed by atoms with Crippen LogP contribution < -0.4 is 4.90 Å². The van der Waals surface area contributed by atoms with E-state index in [0.29, 0.717) is 0 Å². The molecule has 1 aliphatic rings. The number of hydrogen-bond acceptors (Lipinski definition) is 2. The van der Waals surface area contributed by atoms with Crippen molar-refractivity contribution in [1.29, 1.82) is 0 Å². The molecule has 0 atom stereocenters. The van der Waals surface area contributed by atoms with E-state index in [1.807, 2.05) is 11.3 Å². The zero-order valence-corrected chi connectivity index (χ0v) is 30.9. The zero-order valence-electron chi connectivity index (χ0n) is 30.0. The van der Waals surface area contributed by atoms with Crippen LogP contribution in [0.4, 0.5) is 17.1 Å². The molecule has 0 fully saturated rings. The summed E-state index contributed by atoms with van der Waals surface area (Å²) in [6, 6.07) is 64.5.